The molecule has 0 amide bonds. The molecule has 2 N–H and O–H groups in total. The first-order valence-electron chi connectivity index (χ1n) is 11.5. The van der Waals surface area contributed by atoms with Gasteiger partial charge >= 0.3 is 6.18 Å². The summed E-state index contributed by atoms with van der Waals surface area (Å²) in [5.74, 6) is 0. The molecule has 0 atom stereocenters. The number of nitrogens with zero attached hydrogens (tertiary/aromatic N) is 2. The first-order chi connectivity index (χ1) is 18.0. The summed E-state index contributed by atoms with van der Waals surface area (Å²) in [5, 5.41) is 1.56. The molecular weight excluding hydrogens is 597 g/mol. The Morgan fingerprint density at radius 3 is 2.16 bits per heavy atom. The van der Waals surface area contributed by atoms with Gasteiger partial charge in [-0.3, -0.25) is 4.90 Å². The van der Waals surface area contributed by atoms with E-state index in [1.165, 1.54) is 12.1 Å². The molecule has 3 aromatic carbocycles. The molecule has 1 aromatic heterocycles. The third-order valence-electron chi connectivity index (χ3n) is 5.78. The summed E-state index contributed by atoms with van der Waals surface area (Å²) in [7, 11) is 0. The van der Waals surface area contributed by atoms with Gasteiger partial charge in [0.15, 0.2) is 5.69 Å². The molecule has 3 nitrogen and oxygen atoms in total. The highest BCUT2D eigenvalue weighted by atomic mass is 35.5. The van der Waals surface area contributed by atoms with Crippen LogP contribution in [0.4, 0.5) is 18.9 Å². The van der Waals surface area contributed by atoms with Gasteiger partial charge in [0.25, 0.3) is 0 Å². The van der Waals surface area contributed by atoms with Crippen molar-refractivity contribution in [1.82, 2.24) is 9.88 Å². The molecule has 0 spiro atoms. The van der Waals surface area contributed by atoms with Crippen LogP contribution < -0.4 is 5.73 Å². The Balaban J connectivity index is 1.80. The lowest BCUT2D eigenvalue weighted by molar-refractivity contribution is -0.141. The fourth-order valence-corrected chi connectivity index (χ4v) is 6.54. The van der Waals surface area contributed by atoms with Crippen LogP contribution in [0.2, 0.25) is 20.1 Å². The van der Waals surface area contributed by atoms with E-state index in [0.29, 0.717) is 39.8 Å². The first-order valence-corrected chi connectivity index (χ1v) is 13.9. The minimum absolute atomic E-state index is 0.0630. The number of alkyl halides is 3. The standard InChI is InChI=1S/C27H22Cl4F3N3S/c1-2-10-37(13-15-6-8-16(28)9-7-15)14-22-25(27(32,33)34)36-26(38-22)24-18(4-3-5-21(24)35)23-19(30)11-17(29)12-20(23)31/h3-9,11-12H,2,10,13-14,35H2,1H3. The molecule has 11 heteroatoms. The molecule has 200 valence electrons. The number of rotatable bonds is 8. The summed E-state index contributed by atoms with van der Waals surface area (Å²) < 4.78 is 42.6. The molecule has 0 unspecified atom stereocenters. The van der Waals surface area contributed by atoms with Crippen LogP contribution in [-0.4, -0.2) is 16.4 Å². The number of nitrogen functional groups attached to an aromatic ring is 1. The number of thiazole rings is 1. The van der Waals surface area contributed by atoms with Crippen LogP contribution in [0.1, 0.15) is 29.5 Å². The van der Waals surface area contributed by atoms with Crippen molar-refractivity contribution in [2.24, 2.45) is 0 Å². The lowest BCUT2D eigenvalue weighted by Gasteiger charge is -2.22. The van der Waals surface area contributed by atoms with Gasteiger partial charge in [-0.05, 0) is 54.4 Å². The summed E-state index contributed by atoms with van der Waals surface area (Å²) in [6.07, 6.45) is -3.88. The lowest BCUT2D eigenvalue weighted by Crippen LogP contribution is -2.24. The normalized spacial score (nSPS) is 11.9. The molecule has 0 aliphatic heterocycles. The molecule has 1 heterocycles. The summed E-state index contributed by atoms with van der Waals surface area (Å²) >= 11 is 25.9. The number of halogens is 7. The molecule has 0 radical (unpaired) electrons. The van der Waals surface area contributed by atoms with Crippen molar-refractivity contribution in [3.05, 3.63) is 90.8 Å². The van der Waals surface area contributed by atoms with Gasteiger partial charge in [-0.1, -0.05) is 77.6 Å². The van der Waals surface area contributed by atoms with E-state index in [2.05, 4.69) is 4.98 Å². The summed E-state index contributed by atoms with van der Waals surface area (Å²) in [6, 6.07) is 15.3. The molecule has 0 saturated carbocycles. The topological polar surface area (TPSA) is 42.1 Å². The van der Waals surface area contributed by atoms with Crippen LogP contribution in [0.25, 0.3) is 21.7 Å². The van der Waals surface area contributed by atoms with Crippen molar-refractivity contribution in [2.45, 2.75) is 32.6 Å². The second-order valence-electron chi connectivity index (χ2n) is 8.64. The molecular formula is C27H22Cl4F3N3S. The Kier molecular flexibility index (Phi) is 9.18. The van der Waals surface area contributed by atoms with Crippen LogP contribution in [0, 0.1) is 0 Å². The SMILES string of the molecule is CCCN(Cc1ccc(Cl)cc1)Cc1sc(-c2c(N)cccc2-c2c(Cl)cc(Cl)cc2Cl)nc1C(F)(F)F. The van der Waals surface area contributed by atoms with Crippen LogP contribution >= 0.6 is 57.7 Å². The van der Waals surface area contributed by atoms with E-state index in [1.807, 2.05) is 24.0 Å². The maximum Gasteiger partial charge on any atom is 0.434 e. The van der Waals surface area contributed by atoms with Crippen molar-refractivity contribution < 1.29 is 13.2 Å². The van der Waals surface area contributed by atoms with Crippen molar-refractivity contribution in [3.8, 4) is 21.7 Å². The van der Waals surface area contributed by atoms with Crippen LogP contribution in [0.5, 0.6) is 0 Å². The average Bonchev–Trinajstić information content (AvgIpc) is 3.24. The Bertz CT molecular complexity index is 1420. The van der Waals surface area contributed by atoms with E-state index >= 15 is 0 Å². The van der Waals surface area contributed by atoms with E-state index < -0.39 is 11.9 Å². The minimum Gasteiger partial charge on any atom is -0.398 e. The molecule has 0 bridgehead atoms. The third kappa shape index (κ3) is 6.58. The Labute approximate surface area is 242 Å². The number of aromatic nitrogens is 1. The highest BCUT2D eigenvalue weighted by molar-refractivity contribution is 7.15. The van der Waals surface area contributed by atoms with Gasteiger partial charge in [0.05, 0.1) is 14.9 Å². The van der Waals surface area contributed by atoms with Crippen LogP contribution in [0.15, 0.2) is 54.6 Å². The maximum atomic E-state index is 14.2. The largest absolute Gasteiger partial charge is 0.434 e. The van der Waals surface area contributed by atoms with Gasteiger partial charge in [-0.15, -0.1) is 11.3 Å². The number of anilines is 1. The van der Waals surface area contributed by atoms with E-state index in [9.17, 15) is 13.2 Å². The fraction of sp³-hybridized carbons (Fsp3) is 0.222. The average molecular weight is 619 g/mol. The monoisotopic (exact) mass is 617 g/mol. The minimum atomic E-state index is -4.65. The predicted molar refractivity (Wildman–Crippen MR) is 153 cm³/mol. The number of nitrogens with two attached hydrogens (primary N) is 1. The zero-order valence-corrected chi connectivity index (χ0v) is 23.9. The van der Waals surface area contributed by atoms with Gasteiger partial charge < -0.3 is 5.73 Å². The highest BCUT2D eigenvalue weighted by Crippen LogP contribution is 2.47. The molecule has 4 aromatic rings. The van der Waals surface area contributed by atoms with Crippen molar-refractivity contribution in [3.63, 3.8) is 0 Å². The second-order valence-corrected chi connectivity index (χ2v) is 11.4. The molecule has 38 heavy (non-hydrogen) atoms. The van der Waals surface area contributed by atoms with Gasteiger partial charge in [-0.2, -0.15) is 13.2 Å². The molecule has 4 rings (SSSR count). The van der Waals surface area contributed by atoms with E-state index in [4.69, 9.17) is 52.1 Å². The number of benzene rings is 3. The van der Waals surface area contributed by atoms with Gasteiger partial charge in [0, 0.05) is 39.9 Å². The summed E-state index contributed by atoms with van der Waals surface area (Å²) in [6.45, 7) is 3.10. The Morgan fingerprint density at radius 1 is 0.895 bits per heavy atom. The number of hydrogen-bond acceptors (Lipinski definition) is 4. The van der Waals surface area contributed by atoms with Gasteiger partial charge in [0.2, 0.25) is 0 Å². The zero-order chi connectivity index (χ0) is 27.6. The molecule has 0 aliphatic carbocycles. The summed E-state index contributed by atoms with van der Waals surface area (Å²) in [5.41, 5.74) is 7.79. The molecule has 0 aliphatic rings. The van der Waals surface area contributed by atoms with Gasteiger partial charge in [-0.25, -0.2) is 4.98 Å². The van der Waals surface area contributed by atoms with Crippen LogP contribution in [-0.2, 0) is 19.3 Å². The quantitative estimate of drug-likeness (QED) is 0.200. The Hall–Kier alpha value is -2.00. The second kappa shape index (κ2) is 12.0. The Morgan fingerprint density at radius 2 is 1.55 bits per heavy atom. The van der Waals surface area contributed by atoms with E-state index in [1.54, 1.807) is 30.3 Å². The lowest BCUT2D eigenvalue weighted by atomic mass is 9.98. The van der Waals surface area contributed by atoms with E-state index in [-0.39, 0.29) is 32.2 Å². The molecule has 0 saturated heterocycles. The van der Waals surface area contributed by atoms with Crippen molar-refractivity contribution in [1.29, 1.82) is 0 Å². The first kappa shape index (κ1) is 29.0. The fourth-order valence-electron chi connectivity index (χ4n) is 4.19. The van der Waals surface area contributed by atoms with Gasteiger partial charge in [0.1, 0.15) is 5.01 Å². The van der Waals surface area contributed by atoms with E-state index in [0.717, 1.165) is 23.3 Å². The predicted octanol–water partition coefficient (Wildman–Crippen LogP) is 10.1. The summed E-state index contributed by atoms with van der Waals surface area (Å²) in [4.78, 5) is 6.12. The highest BCUT2D eigenvalue weighted by Gasteiger charge is 2.38. The van der Waals surface area contributed by atoms with Crippen molar-refractivity contribution in [2.75, 3.05) is 12.3 Å². The zero-order valence-electron chi connectivity index (χ0n) is 20.1. The third-order valence-corrected chi connectivity index (χ3v) is 7.90. The number of hydrogen-bond donors (Lipinski definition) is 1. The maximum absolute atomic E-state index is 14.2. The smallest absolute Gasteiger partial charge is 0.398 e. The van der Waals surface area contributed by atoms with Crippen LogP contribution in [0.3, 0.4) is 0 Å². The molecule has 0 fully saturated rings. The van der Waals surface area contributed by atoms with Crippen molar-refractivity contribution >= 4 is 63.4 Å².